The van der Waals surface area contributed by atoms with Crippen molar-refractivity contribution in [3.63, 3.8) is 0 Å². The monoisotopic (exact) mass is 704 g/mol. The number of hydrogen-bond donors (Lipinski definition) is 4. The number of benzene rings is 1. The van der Waals surface area contributed by atoms with Crippen LogP contribution in [0.2, 0.25) is 0 Å². The summed E-state index contributed by atoms with van der Waals surface area (Å²) in [6.07, 6.45) is 0. The normalized spacial score (nSPS) is 12.0. The zero-order chi connectivity index (χ0) is 33.5. The van der Waals surface area contributed by atoms with Gasteiger partial charge in [0.05, 0.1) is 0 Å². The zero-order valence-electron chi connectivity index (χ0n) is 26.9. The predicted molar refractivity (Wildman–Crippen MR) is 189 cm³/mol. The lowest BCUT2D eigenvalue weighted by Gasteiger charge is -2.20. The lowest BCUT2D eigenvalue weighted by atomic mass is 10.1. The standard InChI is InChI=1S/C30H48N4O7S4/c1-21(35)26-14-27(40-17-29(44-12-8-33-24(4)38)19-42-10-6-31-22(2)36)16-28(15-26)41-18-30(45-13-9-34-25(5)39)20-43-11-7-32-23(3)37/h14-16,29-30H,6-13,17-20H2,1-5H3,(H,31,36)(H,32,37)(H,33,38)(H,34,39). The Morgan fingerprint density at radius 1 is 0.578 bits per heavy atom. The molecule has 1 rings (SSSR count). The first-order chi connectivity index (χ1) is 21.5. The topological polar surface area (TPSA) is 152 Å². The molecule has 0 aliphatic heterocycles. The van der Waals surface area contributed by atoms with Crippen LogP contribution in [-0.4, -0.2) is 114 Å². The van der Waals surface area contributed by atoms with Crippen LogP contribution in [0.5, 0.6) is 11.5 Å². The average Bonchev–Trinajstić information content (AvgIpc) is 2.96. The molecule has 1 aromatic carbocycles. The van der Waals surface area contributed by atoms with Crippen molar-refractivity contribution in [2.45, 2.75) is 45.1 Å². The van der Waals surface area contributed by atoms with Crippen molar-refractivity contribution >= 4 is 76.5 Å². The van der Waals surface area contributed by atoms with E-state index in [-0.39, 0.29) is 39.9 Å². The van der Waals surface area contributed by atoms with Gasteiger partial charge in [-0.15, -0.1) is 0 Å². The average molecular weight is 705 g/mol. The molecule has 0 radical (unpaired) electrons. The lowest BCUT2D eigenvalue weighted by Crippen LogP contribution is -2.26. The van der Waals surface area contributed by atoms with Gasteiger partial charge in [0, 0.05) is 111 Å². The Kier molecular flexibility index (Phi) is 22.6. The summed E-state index contributed by atoms with van der Waals surface area (Å²) >= 11 is 6.83. The molecule has 1 aromatic rings. The Labute approximate surface area is 284 Å². The van der Waals surface area contributed by atoms with Gasteiger partial charge < -0.3 is 30.7 Å². The summed E-state index contributed by atoms with van der Waals surface area (Å²) in [7, 11) is 0. The van der Waals surface area contributed by atoms with Crippen LogP contribution in [0.3, 0.4) is 0 Å². The summed E-state index contributed by atoms with van der Waals surface area (Å²) in [4.78, 5) is 57.1. The van der Waals surface area contributed by atoms with E-state index < -0.39 is 0 Å². The minimum Gasteiger partial charge on any atom is -0.492 e. The minimum atomic E-state index is -0.102. The van der Waals surface area contributed by atoms with Crippen molar-refractivity contribution in [1.82, 2.24) is 21.3 Å². The molecule has 0 saturated carbocycles. The summed E-state index contributed by atoms with van der Waals surface area (Å²) in [5.74, 6) is 5.29. The molecule has 2 unspecified atom stereocenters. The quantitative estimate of drug-likeness (QED) is 0.0879. The molecule has 45 heavy (non-hydrogen) atoms. The van der Waals surface area contributed by atoms with Crippen molar-refractivity contribution in [1.29, 1.82) is 0 Å². The maximum absolute atomic E-state index is 12.3. The highest BCUT2D eigenvalue weighted by molar-refractivity contribution is 8.03. The van der Waals surface area contributed by atoms with Crippen LogP contribution in [0.1, 0.15) is 45.0 Å². The first kappa shape index (κ1) is 40.8. The largest absolute Gasteiger partial charge is 0.492 e. The third-order valence-corrected chi connectivity index (χ3v) is 10.8. The number of rotatable bonds is 25. The molecular weight excluding hydrogens is 657 g/mol. The van der Waals surface area contributed by atoms with Gasteiger partial charge in [0.1, 0.15) is 24.7 Å². The Morgan fingerprint density at radius 2 is 0.933 bits per heavy atom. The van der Waals surface area contributed by atoms with Gasteiger partial charge in [0.25, 0.3) is 0 Å². The number of thioether (sulfide) groups is 4. The van der Waals surface area contributed by atoms with Gasteiger partial charge in [-0.3, -0.25) is 24.0 Å². The van der Waals surface area contributed by atoms with Crippen molar-refractivity contribution in [2.75, 3.05) is 73.9 Å². The predicted octanol–water partition coefficient (Wildman–Crippen LogP) is 2.86. The Bertz CT molecular complexity index is 1010. The molecule has 254 valence electrons. The van der Waals surface area contributed by atoms with E-state index in [1.165, 1.54) is 34.6 Å². The van der Waals surface area contributed by atoms with Crippen LogP contribution < -0.4 is 30.7 Å². The molecule has 0 aliphatic carbocycles. The SMILES string of the molecule is CC(=O)NCCSCC(COc1cc(OCC(CSCCNC(C)=O)SCCNC(C)=O)cc(C(C)=O)c1)SCCNC(C)=O. The van der Waals surface area contributed by atoms with Crippen LogP contribution in [-0.2, 0) is 19.2 Å². The van der Waals surface area contributed by atoms with Gasteiger partial charge in [0.15, 0.2) is 5.78 Å². The number of amides is 4. The molecule has 0 fully saturated rings. The van der Waals surface area contributed by atoms with E-state index in [1.807, 2.05) is 0 Å². The van der Waals surface area contributed by atoms with Gasteiger partial charge in [-0.05, 0) is 19.1 Å². The van der Waals surface area contributed by atoms with Crippen LogP contribution in [0.4, 0.5) is 0 Å². The number of Topliss-reactive ketones (excluding diaryl/α,β-unsaturated/α-hetero) is 1. The first-order valence-corrected chi connectivity index (χ1v) is 19.1. The van der Waals surface area contributed by atoms with Gasteiger partial charge in [-0.2, -0.15) is 47.0 Å². The zero-order valence-corrected chi connectivity index (χ0v) is 30.1. The second kappa shape index (κ2) is 24.9. The molecule has 2 atom stereocenters. The Hall–Kier alpha value is -2.23. The van der Waals surface area contributed by atoms with Gasteiger partial charge in [0.2, 0.25) is 23.6 Å². The van der Waals surface area contributed by atoms with E-state index in [4.69, 9.17) is 9.47 Å². The van der Waals surface area contributed by atoms with Crippen LogP contribution in [0.15, 0.2) is 18.2 Å². The second-order valence-corrected chi connectivity index (χ2v) is 15.1. The van der Waals surface area contributed by atoms with Crippen molar-refractivity contribution in [3.8, 4) is 11.5 Å². The fourth-order valence-corrected chi connectivity index (χ4v) is 7.87. The molecule has 0 aliphatic rings. The fourth-order valence-electron chi connectivity index (χ4n) is 3.54. The van der Waals surface area contributed by atoms with Crippen molar-refractivity contribution in [2.24, 2.45) is 0 Å². The highest BCUT2D eigenvalue weighted by Crippen LogP contribution is 2.27. The molecular formula is C30H48N4O7S4. The lowest BCUT2D eigenvalue weighted by molar-refractivity contribution is -0.119. The van der Waals surface area contributed by atoms with E-state index in [9.17, 15) is 24.0 Å². The van der Waals surface area contributed by atoms with E-state index in [2.05, 4.69) is 21.3 Å². The molecule has 0 spiro atoms. The van der Waals surface area contributed by atoms with Crippen LogP contribution in [0, 0.1) is 0 Å². The summed E-state index contributed by atoms with van der Waals surface area (Å²) in [5, 5.41) is 11.5. The number of nitrogens with one attached hydrogen (secondary N) is 4. The van der Waals surface area contributed by atoms with Crippen molar-refractivity contribution < 1.29 is 33.4 Å². The van der Waals surface area contributed by atoms with Crippen LogP contribution in [0.25, 0.3) is 0 Å². The van der Waals surface area contributed by atoms with Crippen molar-refractivity contribution in [3.05, 3.63) is 23.8 Å². The fraction of sp³-hybridized carbons (Fsp3) is 0.633. The van der Waals surface area contributed by atoms with E-state index in [0.717, 1.165) is 34.5 Å². The van der Waals surface area contributed by atoms with Crippen LogP contribution >= 0.6 is 47.0 Å². The third kappa shape index (κ3) is 22.9. The smallest absolute Gasteiger partial charge is 0.216 e. The summed E-state index contributed by atoms with van der Waals surface area (Å²) < 4.78 is 12.4. The van der Waals surface area contributed by atoms with Gasteiger partial charge in [-0.25, -0.2) is 0 Å². The number of ether oxygens (including phenoxy) is 2. The minimum absolute atomic E-state index is 0.0563. The molecule has 11 nitrogen and oxygen atoms in total. The molecule has 0 saturated heterocycles. The molecule has 0 aromatic heterocycles. The highest BCUT2D eigenvalue weighted by Gasteiger charge is 2.15. The number of hydrogen-bond acceptors (Lipinski definition) is 11. The third-order valence-electron chi connectivity index (χ3n) is 5.67. The van der Waals surface area contributed by atoms with E-state index in [1.54, 1.807) is 65.2 Å². The summed E-state index contributed by atoms with van der Waals surface area (Å²) in [5.41, 5.74) is 0.488. The van der Waals surface area contributed by atoms with Gasteiger partial charge in [-0.1, -0.05) is 0 Å². The molecule has 4 amide bonds. The number of ketones is 1. The highest BCUT2D eigenvalue weighted by atomic mass is 32.2. The number of carbonyl (C=O) groups is 5. The van der Waals surface area contributed by atoms with Gasteiger partial charge >= 0.3 is 0 Å². The molecule has 0 heterocycles. The second-order valence-electron chi connectivity index (χ2n) is 9.94. The molecule has 4 N–H and O–H groups in total. The number of carbonyl (C=O) groups excluding carboxylic acids is 5. The maximum Gasteiger partial charge on any atom is 0.216 e. The van der Waals surface area contributed by atoms with E-state index in [0.29, 0.717) is 56.5 Å². The summed E-state index contributed by atoms with van der Waals surface area (Å²) in [6.45, 7) is 10.6. The molecule has 15 heteroatoms. The molecule has 0 bridgehead atoms. The van der Waals surface area contributed by atoms with E-state index >= 15 is 0 Å². The first-order valence-electron chi connectivity index (χ1n) is 14.7. The Balaban J connectivity index is 2.86. The Morgan fingerprint density at radius 3 is 1.27 bits per heavy atom. The summed E-state index contributed by atoms with van der Waals surface area (Å²) in [6, 6.07) is 5.23. The maximum atomic E-state index is 12.3.